The minimum absolute atomic E-state index is 0.469. The standard InChI is InChI=1S/C7H4BrIN2S/c8-6-3-5(1-2-12-9)7(10)11-4-6/h3-4H,(H2,10,11). The molecule has 5 heteroatoms. The smallest absolute Gasteiger partial charge is 0.139 e. The normalized spacial score (nSPS) is 8.83. The second kappa shape index (κ2) is 4.94. The van der Waals surface area contributed by atoms with Crippen molar-refractivity contribution in [2.24, 2.45) is 0 Å². The van der Waals surface area contributed by atoms with Crippen LogP contribution in [0.5, 0.6) is 0 Å². The van der Waals surface area contributed by atoms with Crippen LogP contribution in [0.2, 0.25) is 0 Å². The summed E-state index contributed by atoms with van der Waals surface area (Å²) in [7, 11) is 1.42. The summed E-state index contributed by atoms with van der Waals surface area (Å²) in [5, 5.41) is 2.85. The molecule has 0 unspecified atom stereocenters. The van der Waals surface area contributed by atoms with Gasteiger partial charge in [-0.1, -0.05) is 5.92 Å². The predicted octanol–water partition coefficient (Wildman–Crippen LogP) is 2.82. The lowest BCUT2D eigenvalue weighted by molar-refractivity contribution is 1.30. The monoisotopic (exact) mass is 354 g/mol. The molecular formula is C7H4BrIN2S. The van der Waals surface area contributed by atoms with Crippen LogP contribution in [0.4, 0.5) is 5.82 Å². The summed E-state index contributed by atoms with van der Waals surface area (Å²) < 4.78 is 0.888. The fourth-order valence-corrected chi connectivity index (χ4v) is 1.43. The van der Waals surface area contributed by atoms with E-state index in [4.69, 9.17) is 5.73 Å². The number of aromatic nitrogens is 1. The number of hydrogen-bond acceptors (Lipinski definition) is 3. The number of pyridine rings is 1. The Kier molecular flexibility index (Phi) is 4.18. The van der Waals surface area contributed by atoms with E-state index in [0.29, 0.717) is 5.82 Å². The van der Waals surface area contributed by atoms with E-state index in [-0.39, 0.29) is 0 Å². The average Bonchev–Trinajstić information content (AvgIpc) is 2.07. The highest BCUT2D eigenvalue weighted by molar-refractivity contribution is 14.2. The van der Waals surface area contributed by atoms with Gasteiger partial charge in [-0.05, 0) is 36.2 Å². The summed E-state index contributed by atoms with van der Waals surface area (Å²) in [5.74, 6) is 3.36. The maximum atomic E-state index is 5.58. The second-order valence-corrected chi connectivity index (χ2v) is 4.49. The highest BCUT2D eigenvalue weighted by Gasteiger charge is 1.96. The molecule has 0 bridgehead atoms. The molecule has 62 valence electrons. The molecule has 0 fully saturated rings. The molecule has 0 radical (unpaired) electrons. The molecule has 0 aliphatic carbocycles. The third-order valence-electron chi connectivity index (χ3n) is 1.11. The lowest BCUT2D eigenvalue weighted by Crippen LogP contribution is -1.93. The molecule has 1 heterocycles. The third kappa shape index (κ3) is 2.84. The van der Waals surface area contributed by atoms with Gasteiger partial charge in [-0.15, -0.1) is 0 Å². The number of hydrogen-bond donors (Lipinski definition) is 1. The molecule has 0 saturated carbocycles. The highest BCUT2D eigenvalue weighted by atomic mass is 127. The van der Waals surface area contributed by atoms with Gasteiger partial charge in [0, 0.05) is 31.9 Å². The van der Waals surface area contributed by atoms with Gasteiger partial charge in [-0.3, -0.25) is 0 Å². The molecular weight excluding hydrogens is 351 g/mol. The molecule has 0 saturated heterocycles. The van der Waals surface area contributed by atoms with Crippen molar-refractivity contribution in [2.75, 3.05) is 5.73 Å². The van der Waals surface area contributed by atoms with Gasteiger partial charge in [0.1, 0.15) is 5.82 Å². The van der Waals surface area contributed by atoms with Crippen molar-refractivity contribution in [3.8, 4) is 11.2 Å². The van der Waals surface area contributed by atoms with Gasteiger partial charge in [0.25, 0.3) is 0 Å². The Bertz CT molecular complexity index is 345. The number of anilines is 1. The van der Waals surface area contributed by atoms with Crippen LogP contribution in [0.1, 0.15) is 5.56 Å². The van der Waals surface area contributed by atoms with Gasteiger partial charge < -0.3 is 5.73 Å². The van der Waals surface area contributed by atoms with E-state index in [0.717, 1.165) is 10.0 Å². The zero-order chi connectivity index (χ0) is 8.97. The van der Waals surface area contributed by atoms with Crippen molar-refractivity contribution >= 4 is 51.9 Å². The van der Waals surface area contributed by atoms with Crippen molar-refractivity contribution in [3.63, 3.8) is 0 Å². The van der Waals surface area contributed by atoms with E-state index < -0.39 is 0 Å². The van der Waals surface area contributed by atoms with Crippen molar-refractivity contribution in [3.05, 3.63) is 22.3 Å². The third-order valence-corrected chi connectivity index (χ3v) is 2.38. The molecule has 1 aromatic heterocycles. The Morgan fingerprint density at radius 2 is 2.42 bits per heavy atom. The second-order valence-electron chi connectivity index (χ2n) is 1.89. The zero-order valence-corrected chi connectivity index (χ0v) is 10.4. The summed E-state index contributed by atoms with van der Waals surface area (Å²) in [4.78, 5) is 3.95. The van der Waals surface area contributed by atoms with Crippen molar-refractivity contribution in [1.29, 1.82) is 0 Å². The number of nitrogens with two attached hydrogens (primary N) is 1. The Morgan fingerprint density at radius 1 is 1.67 bits per heavy atom. The summed E-state index contributed by atoms with van der Waals surface area (Å²) in [6.07, 6.45) is 1.65. The summed E-state index contributed by atoms with van der Waals surface area (Å²) in [6, 6.07) is 1.85. The van der Waals surface area contributed by atoms with Gasteiger partial charge >= 0.3 is 0 Å². The van der Waals surface area contributed by atoms with E-state index in [1.807, 2.05) is 6.07 Å². The number of halogens is 2. The summed E-state index contributed by atoms with van der Waals surface area (Å²) in [5.41, 5.74) is 6.34. The van der Waals surface area contributed by atoms with Crippen LogP contribution >= 0.6 is 46.1 Å². The molecule has 0 aromatic carbocycles. The lowest BCUT2D eigenvalue weighted by Gasteiger charge is -1.95. The first-order valence-electron chi connectivity index (χ1n) is 2.93. The SMILES string of the molecule is Nc1ncc(Br)cc1C#CSI. The van der Waals surface area contributed by atoms with E-state index in [9.17, 15) is 0 Å². The number of nitrogen functional groups attached to an aromatic ring is 1. The minimum Gasteiger partial charge on any atom is -0.383 e. The largest absolute Gasteiger partial charge is 0.383 e. The zero-order valence-electron chi connectivity index (χ0n) is 5.84. The van der Waals surface area contributed by atoms with Crippen LogP contribution in [0, 0.1) is 11.2 Å². The van der Waals surface area contributed by atoms with Crippen LogP contribution in [0.15, 0.2) is 16.7 Å². The Balaban J connectivity index is 3.05. The van der Waals surface area contributed by atoms with Crippen molar-refractivity contribution in [2.45, 2.75) is 0 Å². The molecule has 0 aliphatic rings. The molecule has 1 rings (SSSR count). The number of rotatable bonds is 0. The Labute approximate surface area is 95.4 Å². The van der Waals surface area contributed by atoms with E-state index >= 15 is 0 Å². The fraction of sp³-hybridized carbons (Fsp3) is 0. The summed E-state index contributed by atoms with van der Waals surface area (Å²) >= 11 is 5.40. The first-order valence-corrected chi connectivity index (χ1v) is 7.09. The number of nitrogens with zero attached hydrogens (tertiary/aromatic N) is 1. The van der Waals surface area contributed by atoms with Crippen LogP contribution in [-0.4, -0.2) is 4.98 Å². The first kappa shape index (κ1) is 10.2. The van der Waals surface area contributed by atoms with E-state index in [2.05, 4.69) is 53.3 Å². The molecule has 12 heavy (non-hydrogen) atoms. The Morgan fingerprint density at radius 3 is 3.08 bits per heavy atom. The maximum absolute atomic E-state index is 5.58. The quantitative estimate of drug-likeness (QED) is 0.575. The molecule has 1 aromatic rings. The molecule has 0 spiro atoms. The van der Waals surface area contributed by atoms with Gasteiger partial charge in [0.15, 0.2) is 0 Å². The Hall–Kier alpha value is 0.0700. The van der Waals surface area contributed by atoms with E-state index in [1.54, 1.807) is 6.20 Å². The van der Waals surface area contributed by atoms with Crippen LogP contribution < -0.4 is 5.73 Å². The van der Waals surface area contributed by atoms with Gasteiger partial charge in [-0.2, -0.15) is 0 Å². The molecule has 0 amide bonds. The first-order chi connectivity index (χ1) is 5.74. The highest BCUT2D eigenvalue weighted by Crippen LogP contribution is 2.15. The average molecular weight is 355 g/mol. The van der Waals surface area contributed by atoms with Crippen molar-refractivity contribution in [1.82, 2.24) is 4.98 Å². The van der Waals surface area contributed by atoms with Gasteiger partial charge in [-0.25, -0.2) is 4.98 Å². The summed E-state index contributed by atoms with van der Waals surface area (Å²) in [6.45, 7) is 0. The van der Waals surface area contributed by atoms with Gasteiger partial charge in [0.2, 0.25) is 0 Å². The molecule has 0 atom stereocenters. The maximum Gasteiger partial charge on any atom is 0.139 e. The van der Waals surface area contributed by atoms with Crippen LogP contribution in [-0.2, 0) is 0 Å². The van der Waals surface area contributed by atoms with Gasteiger partial charge in [0.05, 0.1) is 5.56 Å². The van der Waals surface area contributed by atoms with Crippen LogP contribution in [0.25, 0.3) is 0 Å². The molecule has 0 aliphatic heterocycles. The molecule has 2 nitrogen and oxygen atoms in total. The molecule has 2 N–H and O–H groups in total. The minimum atomic E-state index is 0.469. The predicted molar refractivity (Wildman–Crippen MR) is 64.8 cm³/mol. The lowest BCUT2D eigenvalue weighted by atomic mass is 10.3. The fourth-order valence-electron chi connectivity index (χ4n) is 0.624. The topological polar surface area (TPSA) is 38.9 Å². The van der Waals surface area contributed by atoms with Crippen molar-refractivity contribution < 1.29 is 0 Å². The van der Waals surface area contributed by atoms with Crippen LogP contribution in [0.3, 0.4) is 0 Å². The van der Waals surface area contributed by atoms with E-state index in [1.165, 1.54) is 8.93 Å².